The van der Waals surface area contributed by atoms with Crippen LogP contribution in [0.2, 0.25) is 0 Å². The van der Waals surface area contributed by atoms with Crippen LogP contribution in [0, 0.1) is 0 Å². The number of ether oxygens (including phenoxy) is 1. The third-order valence-electron chi connectivity index (χ3n) is 4.65. The van der Waals surface area contributed by atoms with E-state index in [1.165, 1.54) is 34.0 Å². The van der Waals surface area contributed by atoms with Crippen LogP contribution >= 0.6 is 11.3 Å². The fourth-order valence-electron chi connectivity index (χ4n) is 3.14. The van der Waals surface area contributed by atoms with Gasteiger partial charge in [0, 0.05) is 22.8 Å². The number of hydrogen-bond acceptors (Lipinski definition) is 4. The van der Waals surface area contributed by atoms with Gasteiger partial charge in [-0.05, 0) is 43.4 Å². The van der Waals surface area contributed by atoms with Crippen molar-refractivity contribution in [2.45, 2.75) is 43.6 Å². The Hall–Kier alpha value is -1.39. The van der Waals surface area contributed by atoms with Crippen molar-refractivity contribution in [2.24, 2.45) is 5.73 Å². The van der Waals surface area contributed by atoms with Crippen LogP contribution < -0.4 is 10.5 Å². The zero-order valence-electron chi connectivity index (χ0n) is 12.3. The van der Waals surface area contributed by atoms with Gasteiger partial charge < -0.3 is 10.5 Å². The van der Waals surface area contributed by atoms with Gasteiger partial charge in [-0.1, -0.05) is 12.1 Å². The van der Waals surface area contributed by atoms with E-state index in [0.29, 0.717) is 0 Å². The SMILES string of the molecule is COc1cccc(C2(N)CCc3nc(C4CC4)sc3C2)c1. The molecule has 1 aromatic heterocycles. The zero-order chi connectivity index (χ0) is 14.4. The Labute approximate surface area is 129 Å². The average Bonchev–Trinajstić information content (AvgIpc) is 3.28. The van der Waals surface area contributed by atoms with Gasteiger partial charge in [0.25, 0.3) is 0 Å². The highest BCUT2D eigenvalue weighted by Crippen LogP contribution is 2.45. The predicted octanol–water partition coefficient (Wildman–Crippen LogP) is 3.37. The number of aromatic nitrogens is 1. The highest BCUT2D eigenvalue weighted by Gasteiger charge is 2.36. The lowest BCUT2D eigenvalue weighted by Gasteiger charge is -2.33. The summed E-state index contributed by atoms with van der Waals surface area (Å²) >= 11 is 1.89. The van der Waals surface area contributed by atoms with Gasteiger partial charge in [0.05, 0.1) is 17.8 Å². The molecule has 2 aliphatic rings. The number of benzene rings is 1. The Bertz CT molecular complexity index is 677. The molecule has 110 valence electrons. The maximum absolute atomic E-state index is 6.74. The van der Waals surface area contributed by atoms with E-state index < -0.39 is 0 Å². The number of nitrogens with two attached hydrogens (primary N) is 1. The summed E-state index contributed by atoms with van der Waals surface area (Å²) in [7, 11) is 1.70. The maximum Gasteiger partial charge on any atom is 0.119 e. The minimum Gasteiger partial charge on any atom is -0.497 e. The maximum atomic E-state index is 6.74. The number of thiazole rings is 1. The van der Waals surface area contributed by atoms with Crippen LogP contribution in [0.1, 0.15) is 46.3 Å². The van der Waals surface area contributed by atoms with E-state index in [-0.39, 0.29) is 5.54 Å². The van der Waals surface area contributed by atoms with E-state index in [2.05, 4.69) is 12.1 Å². The molecule has 2 aromatic rings. The molecule has 1 aromatic carbocycles. The normalized spacial score (nSPS) is 24.7. The molecular weight excluding hydrogens is 280 g/mol. The van der Waals surface area contributed by atoms with Gasteiger partial charge in [-0.3, -0.25) is 0 Å². The second kappa shape index (κ2) is 4.82. The Kier molecular flexibility index (Phi) is 3.05. The first-order valence-corrected chi connectivity index (χ1v) is 8.41. The third-order valence-corrected chi connectivity index (χ3v) is 5.91. The van der Waals surface area contributed by atoms with Gasteiger partial charge >= 0.3 is 0 Å². The quantitative estimate of drug-likeness (QED) is 0.945. The lowest BCUT2D eigenvalue weighted by Crippen LogP contribution is -2.41. The van der Waals surface area contributed by atoms with Crippen molar-refractivity contribution >= 4 is 11.3 Å². The molecule has 4 heteroatoms. The Balaban J connectivity index is 1.65. The van der Waals surface area contributed by atoms with Crippen molar-refractivity contribution in [3.8, 4) is 5.75 Å². The highest BCUT2D eigenvalue weighted by atomic mass is 32.1. The van der Waals surface area contributed by atoms with Crippen LogP contribution in [0.3, 0.4) is 0 Å². The van der Waals surface area contributed by atoms with Crippen molar-refractivity contribution in [1.29, 1.82) is 0 Å². The van der Waals surface area contributed by atoms with Crippen LogP contribution in [-0.2, 0) is 18.4 Å². The number of fused-ring (bicyclic) bond motifs is 1. The van der Waals surface area contributed by atoms with Gasteiger partial charge in [0.15, 0.2) is 0 Å². The molecule has 21 heavy (non-hydrogen) atoms. The molecule has 4 rings (SSSR count). The van der Waals surface area contributed by atoms with Crippen molar-refractivity contribution in [1.82, 2.24) is 4.98 Å². The van der Waals surface area contributed by atoms with E-state index in [1.54, 1.807) is 7.11 Å². The Morgan fingerprint density at radius 3 is 3.00 bits per heavy atom. The molecule has 2 N–H and O–H groups in total. The number of rotatable bonds is 3. The predicted molar refractivity (Wildman–Crippen MR) is 85.0 cm³/mol. The van der Waals surface area contributed by atoms with Gasteiger partial charge in [0.1, 0.15) is 5.75 Å². The topological polar surface area (TPSA) is 48.1 Å². The fourth-order valence-corrected chi connectivity index (χ4v) is 4.54. The van der Waals surface area contributed by atoms with Gasteiger partial charge in [0.2, 0.25) is 0 Å². The summed E-state index contributed by atoms with van der Waals surface area (Å²) in [5.74, 6) is 1.62. The molecule has 0 aliphatic heterocycles. The molecule has 0 saturated heterocycles. The number of aryl methyl sites for hydroxylation is 1. The molecule has 1 saturated carbocycles. The molecule has 1 unspecified atom stereocenters. The largest absolute Gasteiger partial charge is 0.497 e. The average molecular weight is 300 g/mol. The van der Waals surface area contributed by atoms with Crippen LogP contribution in [0.5, 0.6) is 5.75 Å². The first-order valence-electron chi connectivity index (χ1n) is 7.60. The van der Waals surface area contributed by atoms with Gasteiger partial charge in [-0.15, -0.1) is 11.3 Å². The molecule has 0 amide bonds. The summed E-state index contributed by atoms with van der Waals surface area (Å²) in [5.41, 5.74) is 8.93. The standard InChI is InChI=1S/C17H20N2OS/c1-20-13-4-2-3-12(9-13)17(18)8-7-14-15(10-17)21-16(19-14)11-5-6-11/h2-4,9,11H,5-8,10,18H2,1H3. The van der Waals surface area contributed by atoms with Crippen molar-refractivity contribution < 1.29 is 4.74 Å². The number of hydrogen-bond donors (Lipinski definition) is 1. The second-order valence-electron chi connectivity index (χ2n) is 6.26. The summed E-state index contributed by atoms with van der Waals surface area (Å²) in [5, 5.41) is 1.34. The molecule has 1 fully saturated rings. The van der Waals surface area contributed by atoms with Crippen LogP contribution in [0.25, 0.3) is 0 Å². The third kappa shape index (κ3) is 2.36. The van der Waals surface area contributed by atoms with E-state index >= 15 is 0 Å². The first-order chi connectivity index (χ1) is 10.2. The summed E-state index contributed by atoms with van der Waals surface area (Å²) in [4.78, 5) is 6.24. The van der Waals surface area contributed by atoms with Crippen LogP contribution in [0.15, 0.2) is 24.3 Å². The molecule has 0 spiro atoms. The minimum atomic E-state index is -0.283. The summed E-state index contributed by atoms with van der Waals surface area (Å²) in [6.45, 7) is 0. The zero-order valence-corrected chi connectivity index (χ0v) is 13.1. The summed E-state index contributed by atoms with van der Waals surface area (Å²) < 4.78 is 5.34. The summed E-state index contributed by atoms with van der Waals surface area (Å²) in [6, 6.07) is 8.20. The molecule has 1 atom stereocenters. The van der Waals surface area contributed by atoms with Crippen LogP contribution in [-0.4, -0.2) is 12.1 Å². The van der Waals surface area contributed by atoms with Crippen molar-refractivity contribution in [3.05, 3.63) is 45.4 Å². The molecule has 2 aliphatic carbocycles. The lowest BCUT2D eigenvalue weighted by molar-refractivity contribution is 0.379. The monoisotopic (exact) mass is 300 g/mol. The van der Waals surface area contributed by atoms with Crippen LogP contribution in [0.4, 0.5) is 0 Å². The van der Waals surface area contributed by atoms with E-state index in [0.717, 1.165) is 30.9 Å². The second-order valence-corrected chi connectivity index (χ2v) is 7.38. The summed E-state index contributed by atoms with van der Waals surface area (Å²) in [6.07, 6.45) is 5.49. The Morgan fingerprint density at radius 1 is 1.38 bits per heavy atom. The molecular formula is C17H20N2OS. The van der Waals surface area contributed by atoms with E-state index in [1.807, 2.05) is 23.5 Å². The fraction of sp³-hybridized carbons (Fsp3) is 0.471. The number of methoxy groups -OCH3 is 1. The molecule has 3 nitrogen and oxygen atoms in total. The van der Waals surface area contributed by atoms with E-state index in [4.69, 9.17) is 15.5 Å². The smallest absolute Gasteiger partial charge is 0.119 e. The highest BCUT2D eigenvalue weighted by molar-refractivity contribution is 7.11. The lowest BCUT2D eigenvalue weighted by atomic mass is 9.78. The first kappa shape index (κ1) is 13.3. The molecule has 1 heterocycles. The van der Waals surface area contributed by atoms with Crippen molar-refractivity contribution in [2.75, 3.05) is 7.11 Å². The molecule has 0 radical (unpaired) electrons. The van der Waals surface area contributed by atoms with Gasteiger partial charge in [-0.25, -0.2) is 4.98 Å². The minimum absolute atomic E-state index is 0.283. The van der Waals surface area contributed by atoms with Crippen molar-refractivity contribution in [3.63, 3.8) is 0 Å². The Morgan fingerprint density at radius 2 is 2.24 bits per heavy atom. The molecule has 0 bridgehead atoms. The van der Waals surface area contributed by atoms with Gasteiger partial charge in [-0.2, -0.15) is 0 Å². The van der Waals surface area contributed by atoms with E-state index in [9.17, 15) is 0 Å². The number of nitrogens with zero attached hydrogens (tertiary/aromatic N) is 1.